The molecular weight excluding hydrogens is 292 g/mol. The molecule has 2 bridgehead atoms. The van der Waals surface area contributed by atoms with Gasteiger partial charge in [-0.1, -0.05) is 33.8 Å². The standard InChI is InChI=1S/C19H28O4/c1-11-14-10-18(5,19(6)9-7-8-17(14,19)4)16(23-13(3)21)15(11)22-12(2)20/h14-16H,1,7-10H2,2-6H3. The lowest BCUT2D eigenvalue weighted by molar-refractivity contribution is -0.184. The third kappa shape index (κ3) is 1.90. The second-order valence-electron chi connectivity index (χ2n) is 8.41. The van der Waals surface area contributed by atoms with Crippen LogP contribution in [0.2, 0.25) is 0 Å². The number of rotatable bonds is 2. The van der Waals surface area contributed by atoms with Crippen LogP contribution in [0, 0.1) is 22.2 Å². The van der Waals surface area contributed by atoms with Gasteiger partial charge in [0, 0.05) is 19.3 Å². The predicted octanol–water partition coefficient (Wildman–Crippen LogP) is 3.64. The van der Waals surface area contributed by atoms with Crippen molar-refractivity contribution in [2.45, 2.75) is 72.5 Å². The largest absolute Gasteiger partial charge is 0.458 e. The highest BCUT2D eigenvalue weighted by atomic mass is 16.6. The summed E-state index contributed by atoms with van der Waals surface area (Å²) in [7, 11) is 0. The Bertz CT molecular complexity index is 582. The highest BCUT2D eigenvalue weighted by Crippen LogP contribution is 2.77. The van der Waals surface area contributed by atoms with Gasteiger partial charge in [0.25, 0.3) is 0 Å². The zero-order chi connectivity index (χ0) is 17.2. The van der Waals surface area contributed by atoms with Crippen LogP contribution in [0.25, 0.3) is 0 Å². The molecule has 0 spiro atoms. The van der Waals surface area contributed by atoms with Crippen molar-refractivity contribution in [1.82, 2.24) is 0 Å². The molecule has 0 saturated heterocycles. The van der Waals surface area contributed by atoms with Crippen molar-refractivity contribution in [3.63, 3.8) is 0 Å². The molecule has 0 N–H and O–H groups in total. The normalized spacial score (nSPS) is 48.0. The monoisotopic (exact) mass is 320 g/mol. The van der Waals surface area contributed by atoms with Crippen molar-refractivity contribution in [3.05, 3.63) is 12.2 Å². The molecule has 3 aliphatic carbocycles. The number of fused-ring (bicyclic) bond motifs is 5. The van der Waals surface area contributed by atoms with Crippen molar-refractivity contribution < 1.29 is 19.1 Å². The third-order valence-electron chi connectivity index (χ3n) is 7.59. The van der Waals surface area contributed by atoms with E-state index < -0.39 is 12.2 Å². The summed E-state index contributed by atoms with van der Waals surface area (Å²) in [5.41, 5.74) is 0.919. The summed E-state index contributed by atoms with van der Waals surface area (Å²) in [5, 5.41) is 0. The van der Waals surface area contributed by atoms with E-state index in [9.17, 15) is 9.59 Å². The fourth-order valence-corrected chi connectivity index (χ4v) is 6.13. The molecule has 0 aromatic rings. The summed E-state index contributed by atoms with van der Waals surface area (Å²) in [5.74, 6) is -0.357. The van der Waals surface area contributed by atoms with Crippen LogP contribution < -0.4 is 0 Å². The molecule has 0 aromatic heterocycles. The first kappa shape index (κ1) is 16.5. The molecule has 0 aliphatic heterocycles. The van der Waals surface area contributed by atoms with E-state index in [0.717, 1.165) is 24.8 Å². The van der Waals surface area contributed by atoms with Gasteiger partial charge in [-0.2, -0.15) is 0 Å². The van der Waals surface area contributed by atoms with E-state index in [-0.39, 0.29) is 28.2 Å². The summed E-state index contributed by atoms with van der Waals surface area (Å²) in [6.45, 7) is 14.0. The van der Waals surface area contributed by atoms with Crippen LogP contribution in [-0.4, -0.2) is 24.1 Å². The summed E-state index contributed by atoms with van der Waals surface area (Å²) in [6.07, 6.45) is 3.44. The van der Waals surface area contributed by atoms with Crippen LogP contribution in [0.4, 0.5) is 0 Å². The maximum Gasteiger partial charge on any atom is 0.303 e. The van der Waals surface area contributed by atoms with E-state index in [0.29, 0.717) is 5.92 Å². The van der Waals surface area contributed by atoms with Gasteiger partial charge in [0.1, 0.15) is 6.10 Å². The van der Waals surface area contributed by atoms with Crippen molar-refractivity contribution in [2.75, 3.05) is 0 Å². The maximum absolute atomic E-state index is 11.8. The topological polar surface area (TPSA) is 52.6 Å². The molecule has 3 fully saturated rings. The van der Waals surface area contributed by atoms with Crippen molar-refractivity contribution in [3.8, 4) is 0 Å². The second-order valence-corrected chi connectivity index (χ2v) is 8.41. The second kappa shape index (κ2) is 4.84. The van der Waals surface area contributed by atoms with Crippen molar-refractivity contribution in [2.24, 2.45) is 22.2 Å². The zero-order valence-electron chi connectivity index (χ0n) is 14.9. The Morgan fingerprint density at radius 2 is 1.65 bits per heavy atom. The molecule has 3 rings (SSSR count). The molecule has 0 radical (unpaired) electrons. The lowest BCUT2D eigenvalue weighted by Crippen LogP contribution is -2.54. The number of carbonyl (C=O) groups excluding carboxylic acids is 2. The summed E-state index contributed by atoms with van der Waals surface area (Å²) < 4.78 is 11.4. The quantitative estimate of drug-likeness (QED) is 0.576. The summed E-state index contributed by atoms with van der Waals surface area (Å²) in [4.78, 5) is 23.4. The highest BCUT2D eigenvalue weighted by Gasteiger charge is 2.74. The van der Waals surface area contributed by atoms with E-state index >= 15 is 0 Å². The van der Waals surface area contributed by atoms with Gasteiger partial charge in [0.05, 0.1) is 0 Å². The van der Waals surface area contributed by atoms with E-state index in [1.54, 1.807) is 0 Å². The van der Waals surface area contributed by atoms with Gasteiger partial charge in [-0.15, -0.1) is 0 Å². The van der Waals surface area contributed by atoms with Crippen LogP contribution in [0.15, 0.2) is 12.2 Å². The number of hydrogen-bond acceptors (Lipinski definition) is 4. The molecule has 6 atom stereocenters. The number of carbonyl (C=O) groups is 2. The molecule has 0 aromatic carbocycles. The average Bonchev–Trinajstić information content (AvgIpc) is 2.81. The third-order valence-corrected chi connectivity index (χ3v) is 7.59. The van der Waals surface area contributed by atoms with Gasteiger partial charge in [0.15, 0.2) is 6.10 Å². The molecule has 0 amide bonds. The SMILES string of the molecule is C=C1C(OC(C)=O)C(OC(C)=O)C2(C)CC1C1(C)CCCC12C. The first-order valence-electron chi connectivity index (χ1n) is 8.60. The van der Waals surface area contributed by atoms with Gasteiger partial charge < -0.3 is 9.47 Å². The highest BCUT2D eigenvalue weighted by molar-refractivity contribution is 5.68. The molecule has 3 aliphatic rings. The molecule has 128 valence electrons. The Hall–Kier alpha value is -1.32. The van der Waals surface area contributed by atoms with Crippen LogP contribution >= 0.6 is 0 Å². The first-order valence-corrected chi connectivity index (χ1v) is 8.60. The van der Waals surface area contributed by atoms with Gasteiger partial charge in [-0.3, -0.25) is 9.59 Å². The van der Waals surface area contributed by atoms with Crippen LogP contribution in [0.3, 0.4) is 0 Å². The van der Waals surface area contributed by atoms with Crippen LogP contribution in [0.5, 0.6) is 0 Å². The Balaban J connectivity index is 2.12. The Labute approximate surface area is 138 Å². The van der Waals surface area contributed by atoms with Crippen LogP contribution in [0.1, 0.15) is 60.3 Å². The Kier molecular flexibility index (Phi) is 3.48. The molecule has 23 heavy (non-hydrogen) atoms. The number of ether oxygens (including phenoxy) is 2. The number of hydrogen-bond donors (Lipinski definition) is 0. The molecule has 6 unspecified atom stereocenters. The van der Waals surface area contributed by atoms with Crippen LogP contribution in [-0.2, 0) is 19.1 Å². The van der Waals surface area contributed by atoms with Crippen molar-refractivity contribution in [1.29, 1.82) is 0 Å². The lowest BCUT2D eigenvalue weighted by atomic mass is 9.58. The first-order chi connectivity index (χ1) is 10.6. The molecule has 3 saturated carbocycles. The minimum atomic E-state index is -0.528. The maximum atomic E-state index is 11.8. The zero-order valence-corrected chi connectivity index (χ0v) is 14.9. The Morgan fingerprint density at radius 1 is 1.04 bits per heavy atom. The molecular formula is C19H28O4. The lowest BCUT2D eigenvalue weighted by Gasteiger charge is -2.49. The fraction of sp³-hybridized carbons (Fsp3) is 0.789. The van der Waals surface area contributed by atoms with Gasteiger partial charge in [-0.05, 0) is 41.6 Å². The van der Waals surface area contributed by atoms with Gasteiger partial charge in [0.2, 0.25) is 0 Å². The minimum absolute atomic E-state index is 0.0582. The summed E-state index contributed by atoms with van der Waals surface area (Å²) >= 11 is 0. The van der Waals surface area contributed by atoms with E-state index in [2.05, 4.69) is 27.4 Å². The smallest absolute Gasteiger partial charge is 0.303 e. The average molecular weight is 320 g/mol. The number of esters is 2. The predicted molar refractivity (Wildman–Crippen MR) is 86.5 cm³/mol. The molecule has 0 heterocycles. The minimum Gasteiger partial charge on any atom is -0.458 e. The van der Waals surface area contributed by atoms with E-state index in [4.69, 9.17) is 9.47 Å². The Morgan fingerprint density at radius 3 is 2.22 bits per heavy atom. The van der Waals surface area contributed by atoms with Crippen molar-refractivity contribution >= 4 is 11.9 Å². The van der Waals surface area contributed by atoms with E-state index in [1.807, 2.05) is 0 Å². The summed E-state index contributed by atoms with van der Waals surface area (Å²) in [6, 6.07) is 0. The van der Waals surface area contributed by atoms with Gasteiger partial charge in [-0.25, -0.2) is 0 Å². The molecule has 4 heteroatoms. The van der Waals surface area contributed by atoms with Gasteiger partial charge >= 0.3 is 11.9 Å². The van der Waals surface area contributed by atoms with E-state index in [1.165, 1.54) is 20.3 Å². The fourth-order valence-electron chi connectivity index (χ4n) is 6.13. The molecule has 4 nitrogen and oxygen atoms in total.